The van der Waals surface area contributed by atoms with Gasteiger partial charge in [-0.15, -0.1) is 0 Å². The average molecular weight is 245 g/mol. The number of nitrogens with one attached hydrogen (secondary N) is 2. The number of carbonyl (C=O) groups excluding carboxylic acids is 1. The zero-order chi connectivity index (χ0) is 13.0. The first-order chi connectivity index (χ1) is 8.69. The molecule has 0 saturated carbocycles. The monoisotopic (exact) mass is 245 g/mol. The van der Waals surface area contributed by atoms with E-state index in [2.05, 4.69) is 12.5 Å². The van der Waals surface area contributed by atoms with Crippen molar-refractivity contribution in [2.24, 2.45) is 0 Å². The molecular formula is C13H17N4O+. The minimum atomic E-state index is -0.147. The number of piperazine rings is 1. The number of nitriles is 1. The number of amides is 1. The Hall–Kier alpha value is -1.90. The zero-order valence-corrected chi connectivity index (χ0v) is 10.4. The fraction of sp³-hybridized carbons (Fsp3) is 0.385. The number of hydrazine groups is 1. The first-order valence-electron chi connectivity index (χ1n) is 6.06. The molecule has 1 saturated heterocycles. The summed E-state index contributed by atoms with van der Waals surface area (Å²) in [6.07, 6.45) is 0. The summed E-state index contributed by atoms with van der Waals surface area (Å²) in [6, 6.07) is 8.78. The van der Waals surface area contributed by atoms with Gasteiger partial charge in [0.25, 0.3) is 5.91 Å². The minimum absolute atomic E-state index is 0.147. The minimum Gasteiger partial charge on any atom is -0.335 e. The third-order valence-electron chi connectivity index (χ3n) is 3.13. The van der Waals surface area contributed by atoms with Crippen LogP contribution in [0.1, 0.15) is 15.9 Å². The highest BCUT2D eigenvalue weighted by molar-refractivity contribution is 5.94. The molecule has 0 spiro atoms. The van der Waals surface area contributed by atoms with E-state index in [0.29, 0.717) is 11.1 Å². The van der Waals surface area contributed by atoms with Crippen molar-refractivity contribution in [2.75, 3.05) is 33.2 Å². The molecule has 18 heavy (non-hydrogen) atoms. The molecule has 94 valence electrons. The quantitative estimate of drug-likeness (QED) is 0.705. The highest BCUT2D eigenvalue weighted by atomic mass is 16.2. The fourth-order valence-corrected chi connectivity index (χ4v) is 1.94. The van der Waals surface area contributed by atoms with Crippen LogP contribution >= 0.6 is 0 Å². The van der Waals surface area contributed by atoms with Crippen LogP contribution in [-0.2, 0) is 0 Å². The highest BCUT2D eigenvalue weighted by Crippen LogP contribution is 2.04. The Morgan fingerprint density at radius 3 is 2.83 bits per heavy atom. The average Bonchev–Trinajstić information content (AvgIpc) is 2.41. The predicted octanol–water partition coefficient (Wildman–Crippen LogP) is -0.967. The van der Waals surface area contributed by atoms with Crippen LogP contribution < -0.4 is 10.3 Å². The Kier molecular flexibility index (Phi) is 3.92. The van der Waals surface area contributed by atoms with E-state index in [1.165, 1.54) is 4.90 Å². The standard InChI is InChI=1S/C13H16N4O/c1-16-5-7-17(8-6-16)15-13(18)12-4-2-3-11(9-12)10-14/h2-4,9H,5-8H2,1H3,(H,15,18)/p+1. The van der Waals surface area contributed by atoms with Crippen LogP contribution in [0, 0.1) is 11.3 Å². The van der Waals surface area contributed by atoms with Gasteiger partial charge in [0.05, 0.1) is 44.9 Å². The van der Waals surface area contributed by atoms with Crippen LogP contribution in [0.25, 0.3) is 0 Å². The smallest absolute Gasteiger partial charge is 0.265 e. The van der Waals surface area contributed by atoms with Gasteiger partial charge in [0.2, 0.25) is 0 Å². The fourth-order valence-electron chi connectivity index (χ4n) is 1.94. The maximum atomic E-state index is 12.0. The van der Waals surface area contributed by atoms with Gasteiger partial charge in [-0.05, 0) is 18.2 Å². The van der Waals surface area contributed by atoms with E-state index in [4.69, 9.17) is 5.26 Å². The van der Waals surface area contributed by atoms with Crippen LogP contribution in [0.4, 0.5) is 0 Å². The number of likely N-dealkylation sites (N-methyl/N-ethyl adjacent to an activating group) is 1. The van der Waals surface area contributed by atoms with E-state index in [0.717, 1.165) is 26.2 Å². The zero-order valence-electron chi connectivity index (χ0n) is 10.4. The molecule has 0 bridgehead atoms. The molecule has 2 rings (SSSR count). The Balaban J connectivity index is 1.97. The number of nitrogens with zero attached hydrogens (tertiary/aromatic N) is 2. The van der Waals surface area contributed by atoms with Gasteiger partial charge in [-0.25, -0.2) is 5.01 Å². The molecule has 1 heterocycles. The number of benzene rings is 1. The molecule has 5 heteroatoms. The second-order valence-electron chi connectivity index (χ2n) is 4.58. The van der Waals surface area contributed by atoms with Gasteiger partial charge < -0.3 is 4.90 Å². The Bertz CT molecular complexity index is 472. The first-order valence-corrected chi connectivity index (χ1v) is 6.06. The van der Waals surface area contributed by atoms with Gasteiger partial charge in [-0.3, -0.25) is 10.2 Å². The lowest BCUT2D eigenvalue weighted by Gasteiger charge is -2.30. The molecule has 0 unspecified atom stereocenters. The molecule has 5 nitrogen and oxygen atoms in total. The van der Waals surface area contributed by atoms with Crippen molar-refractivity contribution in [1.82, 2.24) is 10.4 Å². The van der Waals surface area contributed by atoms with Crippen LogP contribution in [0.15, 0.2) is 24.3 Å². The first kappa shape index (κ1) is 12.6. The number of carbonyl (C=O) groups is 1. The van der Waals surface area contributed by atoms with Crippen LogP contribution in [0.2, 0.25) is 0 Å². The molecular weight excluding hydrogens is 228 g/mol. The lowest BCUT2D eigenvalue weighted by molar-refractivity contribution is -0.884. The molecule has 1 aromatic rings. The summed E-state index contributed by atoms with van der Waals surface area (Å²) in [5, 5.41) is 10.7. The van der Waals surface area contributed by atoms with Crippen LogP contribution in [0.3, 0.4) is 0 Å². The highest BCUT2D eigenvalue weighted by Gasteiger charge is 2.18. The summed E-state index contributed by atoms with van der Waals surface area (Å²) in [5.41, 5.74) is 3.91. The van der Waals surface area contributed by atoms with Crippen LogP contribution in [-0.4, -0.2) is 44.1 Å². The van der Waals surface area contributed by atoms with E-state index in [9.17, 15) is 4.79 Å². The van der Waals surface area contributed by atoms with Crippen molar-refractivity contribution < 1.29 is 9.69 Å². The van der Waals surface area contributed by atoms with E-state index in [-0.39, 0.29) is 5.91 Å². The lowest BCUT2D eigenvalue weighted by atomic mass is 10.1. The normalized spacial score (nSPS) is 17.1. The SMILES string of the molecule is C[NH+]1CCN(NC(=O)c2cccc(C#N)c2)CC1. The number of hydrogen-bond acceptors (Lipinski definition) is 3. The van der Waals surface area contributed by atoms with Crippen molar-refractivity contribution in [2.45, 2.75) is 0 Å². The molecule has 1 aliphatic rings. The Morgan fingerprint density at radius 2 is 2.17 bits per heavy atom. The molecule has 1 fully saturated rings. The van der Waals surface area contributed by atoms with Gasteiger partial charge >= 0.3 is 0 Å². The van der Waals surface area contributed by atoms with Gasteiger partial charge in [0.15, 0.2) is 0 Å². The maximum Gasteiger partial charge on any atom is 0.265 e. The second-order valence-corrected chi connectivity index (χ2v) is 4.58. The summed E-state index contributed by atoms with van der Waals surface area (Å²) in [5.74, 6) is -0.147. The third kappa shape index (κ3) is 3.06. The lowest BCUT2D eigenvalue weighted by Crippen LogP contribution is -3.12. The van der Waals surface area contributed by atoms with Gasteiger partial charge in [0.1, 0.15) is 0 Å². The van der Waals surface area contributed by atoms with Crippen molar-refractivity contribution in [3.8, 4) is 6.07 Å². The van der Waals surface area contributed by atoms with Gasteiger partial charge in [-0.1, -0.05) is 6.07 Å². The number of quaternary nitrogens is 1. The molecule has 1 amide bonds. The topological polar surface area (TPSA) is 60.6 Å². The van der Waals surface area contributed by atoms with Crippen molar-refractivity contribution in [3.05, 3.63) is 35.4 Å². The largest absolute Gasteiger partial charge is 0.335 e. The molecule has 0 atom stereocenters. The van der Waals surface area contributed by atoms with Gasteiger partial charge in [0, 0.05) is 5.56 Å². The Labute approximate surface area is 107 Å². The Morgan fingerprint density at radius 1 is 1.44 bits per heavy atom. The van der Waals surface area contributed by atoms with Crippen molar-refractivity contribution in [1.29, 1.82) is 5.26 Å². The molecule has 0 radical (unpaired) electrons. The third-order valence-corrected chi connectivity index (χ3v) is 3.13. The van der Waals surface area contributed by atoms with Gasteiger partial charge in [-0.2, -0.15) is 5.26 Å². The summed E-state index contributed by atoms with van der Waals surface area (Å²) in [4.78, 5) is 13.5. The molecule has 2 N–H and O–H groups in total. The summed E-state index contributed by atoms with van der Waals surface area (Å²) >= 11 is 0. The second kappa shape index (κ2) is 5.63. The maximum absolute atomic E-state index is 12.0. The van der Waals surface area contributed by atoms with E-state index in [1.807, 2.05) is 11.1 Å². The summed E-state index contributed by atoms with van der Waals surface area (Å²) < 4.78 is 0. The predicted molar refractivity (Wildman–Crippen MR) is 66.8 cm³/mol. The van der Waals surface area contributed by atoms with E-state index in [1.54, 1.807) is 24.3 Å². The molecule has 0 aromatic heterocycles. The number of hydrogen-bond donors (Lipinski definition) is 2. The van der Waals surface area contributed by atoms with Crippen molar-refractivity contribution in [3.63, 3.8) is 0 Å². The summed E-state index contributed by atoms with van der Waals surface area (Å²) in [6.45, 7) is 3.77. The summed E-state index contributed by atoms with van der Waals surface area (Å²) in [7, 11) is 2.15. The molecule has 0 aliphatic carbocycles. The van der Waals surface area contributed by atoms with E-state index >= 15 is 0 Å². The van der Waals surface area contributed by atoms with Crippen molar-refractivity contribution >= 4 is 5.91 Å². The van der Waals surface area contributed by atoms with Crippen LogP contribution in [0.5, 0.6) is 0 Å². The number of rotatable bonds is 2. The molecule has 1 aliphatic heterocycles. The molecule has 1 aromatic carbocycles. The van der Waals surface area contributed by atoms with E-state index < -0.39 is 0 Å².